The second-order valence-corrected chi connectivity index (χ2v) is 8.24. The van der Waals surface area contributed by atoms with Crippen LogP contribution >= 0.6 is 39.9 Å². The first kappa shape index (κ1) is 22.6. The molecule has 0 radical (unpaired) electrons. The molecule has 132 valence electrons. The van der Waals surface area contributed by atoms with Gasteiger partial charge < -0.3 is 10.6 Å². The Labute approximate surface area is 162 Å². The SMILES string of the molecule is CN=C(NCc1cc(F)ccc1Br)NC(C)CCS(C)(=O)=O.I. The van der Waals surface area contributed by atoms with Crippen molar-refractivity contribution in [3.05, 3.63) is 34.1 Å². The van der Waals surface area contributed by atoms with Gasteiger partial charge in [-0.15, -0.1) is 24.0 Å². The molecule has 5 nitrogen and oxygen atoms in total. The van der Waals surface area contributed by atoms with Crippen molar-refractivity contribution < 1.29 is 12.8 Å². The first-order valence-electron chi connectivity index (χ1n) is 6.80. The molecule has 0 bridgehead atoms. The quantitative estimate of drug-likeness (QED) is 0.343. The highest BCUT2D eigenvalue weighted by atomic mass is 127. The third-order valence-corrected chi connectivity index (χ3v) is 4.73. The number of rotatable bonds is 6. The van der Waals surface area contributed by atoms with Crippen molar-refractivity contribution in [1.29, 1.82) is 0 Å². The predicted octanol–water partition coefficient (Wildman–Crippen LogP) is 2.69. The van der Waals surface area contributed by atoms with E-state index in [9.17, 15) is 12.8 Å². The van der Waals surface area contributed by atoms with Crippen LogP contribution in [0.25, 0.3) is 0 Å². The molecule has 2 N–H and O–H groups in total. The van der Waals surface area contributed by atoms with Crippen LogP contribution in [-0.4, -0.2) is 39.5 Å². The van der Waals surface area contributed by atoms with E-state index in [1.54, 1.807) is 13.1 Å². The van der Waals surface area contributed by atoms with Gasteiger partial charge in [-0.2, -0.15) is 0 Å². The molecule has 1 atom stereocenters. The van der Waals surface area contributed by atoms with Gasteiger partial charge in [0.1, 0.15) is 15.7 Å². The largest absolute Gasteiger partial charge is 0.354 e. The highest BCUT2D eigenvalue weighted by Gasteiger charge is 2.10. The lowest BCUT2D eigenvalue weighted by Crippen LogP contribution is -2.42. The standard InChI is InChI=1S/C14H21BrFN3O2S.HI/c1-10(6-7-22(3,20)21)19-14(17-2)18-9-11-8-12(16)4-5-13(11)15;/h4-5,8,10H,6-7,9H2,1-3H3,(H2,17,18,19);1H. The molecule has 0 spiro atoms. The molecule has 1 unspecified atom stereocenters. The minimum atomic E-state index is -2.98. The van der Waals surface area contributed by atoms with E-state index in [0.717, 1.165) is 10.0 Å². The minimum absolute atomic E-state index is 0. The first-order valence-corrected chi connectivity index (χ1v) is 9.65. The van der Waals surface area contributed by atoms with Gasteiger partial charge in [-0.05, 0) is 37.1 Å². The van der Waals surface area contributed by atoms with Gasteiger partial charge in [0.2, 0.25) is 0 Å². The van der Waals surface area contributed by atoms with Crippen molar-refractivity contribution in [2.24, 2.45) is 4.99 Å². The van der Waals surface area contributed by atoms with Crippen molar-refractivity contribution in [3.8, 4) is 0 Å². The van der Waals surface area contributed by atoms with E-state index in [4.69, 9.17) is 0 Å². The second-order valence-electron chi connectivity index (χ2n) is 5.13. The van der Waals surface area contributed by atoms with Gasteiger partial charge in [0.05, 0.1) is 5.75 Å². The fraction of sp³-hybridized carbons (Fsp3) is 0.500. The van der Waals surface area contributed by atoms with Crippen LogP contribution in [-0.2, 0) is 16.4 Å². The molecule has 0 saturated heterocycles. The lowest BCUT2D eigenvalue weighted by Gasteiger charge is -2.18. The summed E-state index contributed by atoms with van der Waals surface area (Å²) in [6, 6.07) is 4.43. The molecule has 23 heavy (non-hydrogen) atoms. The Morgan fingerprint density at radius 3 is 2.65 bits per heavy atom. The maximum atomic E-state index is 13.2. The Balaban J connectivity index is 0.00000484. The van der Waals surface area contributed by atoms with Gasteiger partial charge in [-0.1, -0.05) is 15.9 Å². The highest BCUT2D eigenvalue weighted by molar-refractivity contribution is 14.0. The zero-order valence-corrected chi connectivity index (χ0v) is 18.0. The molecule has 0 fully saturated rings. The molecule has 0 aliphatic rings. The van der Waals surface area contributed by atoms with Crippen molar-refractivity contribution in [2.45, 2.75) is 25.9 Å². The van der Waals surface area contributed by atoms with E-state index in [0.29, 0.717) is 18.9 Å². The third-order valence-electron chi connectivity index (χ3n) is 2.98. The van der Waals surface area contributed by atoms with Crippen molar-refractivity contribution in [3.63, 3.8) is 0 Å². The summed E-state index contributed by atoms with van der Waals surface area (Å²) < 4.78 is 36.3. The molecule has 9 heteroatoms. The predicted molar refractivity (Wildman–Crippen MR) is 107 cm³/mol. The summed E-state index contributed by atoms with van der Waals surface area (Å²) in [6.07, 6.45) is 1.71. The van der Waals surface area contributed by atoms with Crippen LogP contribution < -0.4 is 10.6 Å². The molecule has 1 rings (SSSR count). The van der Waals surface area contributed by atoms with Gasteiger partial charge in [0.15, 0.2) is 5.96 Å². The second kappa shape index (κ2) is 10.4. The van der Waals surface area contributed by atoms with Crippen LogP contribution in [0.2, 0.25) is 0 Å². The van der Waals surface area contributed by atoms with E-state index in [-0.39, 0.29) is 41.6 Å². The van der Waals surface area contributed by atoms with Crippen LogP contribution in [0, 0.1) is 5.82 Å². The molecule has 0 heterocycles. The molecule has 0 aliphatic carbocycles. The molecular weight excluding hydrogens is 500 g/mol. The molecule has 0 amide bonds. The highest BCUT2D eigenvalue weighted by Crippen LogP contribution is 2.17. The number of hydrogen-bond donors (Lipinski definition) is 2. The van der Waals surface area contributed by atoms with E-state index in [2.05, 4.69) is 31.6 Å². The van der Waals surface area contributed by atoms with E-state index >= 15 is 0 Å². The van der Waals surface area contributed by atoms with Crippen LogP contribution in [0.5, 0.6) is 0 Å². The van der Waals surface area contributed by atoms with Crippen LogP contribution in [0.15, 0.2) is 27.7 Å². The van der Waals surface area contributed by atoms with Gasteiger partial charge in [0.25, 0.3) is 0 Å². The normalized spacial score (nSPS) is 13.2. The Kier molecular flexibility index (Phi) is 10.3. The number of sulfone groups is 1. The minimum Gasteiger partial charge on any atom is -0.354 e. The summed E-state index contributed by atoms with van der Waals surface area (Å²) in [6.45, 7) is 2.28. The summed E-state index contributed by atoms with van der Waals surface area (Å²) in [4.78, 5) is 4.08. The zero-order chi connectivity index (χ0) is 16.8. The summed E-state index contributed by atoms with van der Waals surface area (Å²) in [5.74, 6) is 0.356. The van der Waals surface area contributed by atoms with Gasteiger partial charge in [-0.3, -0.25) is 4.99 Å². The summed E-state index contributed by atoms with van der Waals surface area (Å²) in [5, 5.41) is 6.18. The Bertz CT molecular complexity index is 641. The number of benzene rings is 1. The Morgan fingerprint density at radius 1 is 1.43 bits per heavy atom. The number of hydrogen-bond acceptors (Lipinski definition) is 3. The van der Waals surface area contributed by atoms with Crippen LogP contribution in [0.3, 0.4) is 0 Å². The van der Waals surface area contributed by atoms with Crippen molar-refractivity contribution >= 4 is 55.7 Å². The lowest BCUT2D eigenvalue weighted by atomic mass is 10.2. The molecule has 0 aromatic heterocycles. The summed E-state index contributed by atoms with van der Waals surface area (Å²) in [5.41, 5.74) is 0.770. The average molecular weight is 522 g/mol. The first-order chi connectivity index (χ1) is 10.2. The van der Waals surface area contributed by atoms with E-state index in [1.165, 1.54) is 18.4 Å². The Hall–Kier alpha value is -0.420. The van der Waals surface area contributed by atoms with Gasteiger partial charge in [0, 0.05) is 30.4 Å². The van der Waals surface area contributed by atoms with Gasteiger partial charge >= 0.3 is 0 Å². The van der Waals surface area contributed by atoms with Crippen molar-refractivity contribution in [1.82, 2.24) is 10.6 Å². The fourth-order valence-electron chi connectivity index (χ4n) is 1.75. The van der Waals surface area contributed by atoms with Crippen LogP contribution in [0.4, 0.5) is 4.39 Å². The number of halogens is 3. The zero-order valence-electron chi connectivity index (χ0n) is 13.3. The average Bonchev–Trinajstić information content (AvgIpc) is 2.43. The Morgan fingerprint density at radius 2 is 2.09 bits per heavy atom. The third kappa shape index (κ3) is 9.46. The maximum absolute atomic E-state index is 13.2. The van der Waals surface area contributed by atoms with E-state index in [1.807, 2.05) is 6.92 Å². The molecule has 0 aliphatic heterocycles. The summed E-state index contributed by atoms with van der Waals surface area (Å²) >= 11 is 3.37. The number of nitrogens with one attached hydrogen (secondary N) is 2. The van der Waals surface area contributed by atoms with Crippen molar-refractivity contribution in [2.75, 3.05) is 19.1 Å². The van der Waals surface area contributed by atoms with Crippen LogP contribution in [0.1, 0.15) is 18.9 Å². The molecule has 1 aromatic carbocycles. The lowest BCUT2D eigenvalue weighted by molar-refractivity contribution is 0.581. The number of aliphatic imine (C=N–C) groups is 1. The fourth-order valence-corrected chi connectivity index (χ4v) is 2.92. The smallest absolute Gasteiger partial charge is 0.191 e. The molecule has 0 saturated carbocycles. The number of guanidine groups is 1. The summed E-state index contributed by atoms with van der Waals surface area (Å²) in [7, 11) is -1.35. The topological polar surface area (TPSA) is 70.6 Å². The maximum Gasteiger partial charge on any atom is 0.191 e. The molecule has 1 aromatic rings. The van der Waals surface area contributed by atoms with Gasteiger partial charge in [-0.25, -0.2) is 12.8 Å². The number of nitrogens with zero attached hydrogens (tertiary/aromatic N) is 1. The van der Waals surface area contributed by atoms with E-state index < -0.39 is 9.84 Å². The monoisotopic (exact) mass is 521 g/mol. The molecular formula is C14H22BrFIN3O2S.